The van der Waals surface area contributed by atoms with Crippen molar-refractivity contribution >= 4 is 39.9 Å². The van der Waals surface area contributed by atoms with Crippen LogP contribution < -0.4 is 10.2 Å². The number of carbonyl (C=O) groups is 3. The van der Waals surface area contributed by atoms with Gasteiger partial charge >= 0.3 is 6.09 Å². The van der Waals surface area contributed by atoms with E-state index in [-0.39, 0.29) is 11.6 Å². The summed E-state index contributed by atoms with van der Waals surface area (Å²) in [5.41, 5.74) is 1.03. The van der Waals surface area contributed by atoms with Crippen molar-refractivity contribution in [2.24, 2.45) is 5.92 Å². The number of fused-ring (bicyclic) bond motifs is 1. The van der Waals surface area contributed by atoms with E-state index in [1.807, 2.05) is 19.0 Å². The van der Waals surface area contributed by atoms with Gasteiger partial charge in [-0.15, -0.1) is 0 Å². The van der Waals surface area contributed by atoms with E-state index in [9.17, 15) is 14.4 Å². The summed E-state index contributed by atoms with van der Waals surface area (Å²) in [6.45, 7) is 0. The number of hydrogen-bond acceptors (Lipinski definition) is 8. The summed E-state index contributed by atoms with van der Waals surface area (Å²) < 4.78 is 4.55. The molecule has 1 amide bonds. The topological polar surface area (TPSA) is 101 Å². The molecular formula is C18H20N4O4S. The van der Waals surface area contributed by atoms with Crippen LogP contribution in [0.4, 0.5) is 15.7 Å². The van der Waals surface area contributed by atoms with Crippen molar-refractivity contribution in [3.63, 3.8) is 0 Å². The number of pyridine rings is 1. The van der Waals surface area contributed by atoms with Gasteiger partial charge < -0.3 is 9.64 Å². The molecule has 8 nitrogen and oxygen atoms in total. The Balaban J connectivity index is 1.84. The second-order valence-electron chi connectivity index (χ2n) is 6.38. The SMILES string of the molecule is COC(=O)Nc1nc2c(s1)C(=O)C(C(=O)c1ccc(N(C)C)nc1)CCC2. The third kappa shape index (κ3) is 3.97. The Kier molecular flexibility index (Phi) is 5.50. The lowest BCUT2D eigenvalue weighted by Gasteiger charge is -2.14. The molecule has 2 heterocycles. The summed E-state index contributed by atoms with van der Waals surface area (Å²) in [4.78, 5) is 48.1. The molecule has 0 fully saturated rings. The molecule has 27 heavy (non-hydrogen) atoms. The molecule has 9 heteroatoms. The molecule has 0 aliphatic heterocycles. The van der Waals surface area contributed by atoms with Crippen molar-refractivity contribution in [2.45, 2.75) is 19.3 Å². The molecule has 0 radical (unpaired) electrons. The van der Waals surface area contributed by atoms with Crippen LogP contribution in [-0.4, -0.2) is 48.8 Å². The lowest BCUT2D eigenvalue weighted by atomic mass is 9.91. The molecule has 1 aliphatic carbocycles. The van der Waals surface area contributed by atoms with Crippen LogP contribution in [0.25, 0.3) is 0 Å². The molecule has 0 spiro atoms. The molecule has 3 rings (SSSR count). The van der Waals surface area contributed by atoms with E-state index in [0.29, 0.717) is 40.5 Å². The van der Waals surface area contributed by atoms with Crippen molar-refractivity contribution in [1.82, 2.24) is 9.97 Å². The van der Waals surface area contributed by atoms with Crippen molar-refractivity contribution < 1.29 is 19.1 Å². The fraction of sp³-hybridized carbons (Fsp3) is 0.389. The molecule has 142 valence electrons. The number of Topliss-reactive ketones (excluding diaryl/α,β-unsaturated/α-hetero) is 2. The number of rotatable bonds is 4. The van der Waals surface area contributed by atoms with Gasteiger partial charge in [0.05, 0.1) is 23.6 Å². The summed E-state index contributed by atoms with van der Waals surface area (Å²) in [7, 11) is 4.98. The molecule has 1 atom stereocenters. The number of anilines is 2. The Hall–Kier alpha value is -2.81. The second-order valence-corrected chi connectivity index (χ2v) is 7.38. The van der Waals surface area contributed by atoms with Gasteiger partial charge in [-0.1, -0.05) is 11.3 Å². The summed E-state index contributed by atoms with van der Waals surface area (Å²) in [5.74, 6) is -0.507. The minimum absolute atomic E-state index is 0.235. The average Bonchev–Trinajstić information content (AvgIpc) is 3.00. The van der Waals surface area contributed by atoms with Crippen LogP contribution in [0, 0.1) is 5.92 Å². The second kappa shape index (κ2) is 7.83. The highest BCUT2D eigenvalue weighted by atomic mass is 32.1. The van der Waals surface area contributed by atoms with E-state index in [1.165, 1.54) is 13.3 Å². The Morgan fingerprint density at radius 2 is 2.11 bits per heavy atom. The Bertz CT molecular complexity index is 876. The summed E-state index contributed by atoms with van der Waals surface area (Å²) in [6, 6.07) is 3.45. The third-order valence-corrected chi connectivity index (χ3v) is 5.37. The van der Waals surface area contributed by atoms with Crippen LogP contribution in [0.15, 0.2) is 18.3 Å². The number of ether oxygens (including phenoxy) is 1. The number of nitrogens with one attached hydrogen (secondary N) is 1. The first kappa shape index (κ1) is 19.0. The highest BCUT2D eigenvalue weighted by molar-refractivity contribution is 7.17. The van der Waals surface area contributed by atoms with Crippen LogP contribution in [0.3, 0.4) is 0 Å². The number of aromatic nitrogens is 2. The van der Waals surface area contributed by atoms with Gasteiger partial charge in [0.25, 0.3) is 0 Å². The van der Waals surface area contributed by atoms with Crippen LogP contribution in [0.2, 0.25) is 0 Å². The molecule has 1 aliphatic rings. The molecule has 2 aromatic heterocycles. The van der Waals surface area contributed by atoms with Crippen LogP contribution in [0.1, 0.15) is 38.6 Å². The first-order chi connectivity index (χ1) is 12.9. The molecule has 0 aromatic carbocycles. The number of thiazole rings is 1. The molecular weight excluding hydrogens is 368 g/mol. The lowest BCUT2D eigenvalue weighted by Crippen LogP contribution is -2.23. The fourth-order valence-corrected chi connectivity index (χ4v) is 3.91. The van der Waals surface area contributed by atoms with Crippen molar-refractivity contribution in [3.05, 3.63) is 34.5 Å². The highest BCUT2D eigenvalue weighted by Crippen LogP contribution is 2.33. The molecule has 0 saturated carbocycles. The predicted molar refractivity (Wildman–Crippen MR) is 102 cm³/mol. The molecule has 0 bridgehead atoms. The van der Waals surface area contributed by atoms with Gasteiger partial charge in [0.1, 0.15) is 5.82 Å². The van der Waals surface area contributed by atoms with Gasteiger partial charge in [-0.25, -0.2) is 14.8 Å². The van der Waals surface area contributed by atoms with Crippen molar-refractivity contribution in [1.29, 1.82) is 0 Å². The van der Waals surface area contributed by atoms with Gasteiger partial charge in [0.2, 0.25) is 0 Å². The van der Waals surface area contributed by atoms with E-state index in [2.05, 4.69) is 20.0 Å². The number of amides is 1. The minimum atomic E-state index is -0.760. The van der Waals surface area contributed by atoms with Crippen LogP contribution in [-0.2, 0) is 11.2 Å². The predicted octanol–water partition coefficient (Wildman–Crippen LogP) is 2.80. The maximum atomic E-state index is 13.0. The van der Waals surface area contributed by atoms with E-state index in [0.717, 1.165) is 17.2 Å². The summed E-state index contributed by atoms with van der Waals surface area (Å²) >= 11 is 1.08. The monoisotopic (exact) mass is 388 g/mol. The van der Waals surface area contributed by atoms with Crippen molar-refractivity contribution in [2.75, 3.05) is 31.4 Å². The Labute approximate surface area is 160 Å². The fourth-order valence-electron chi connectivity index (χ4n) is 2.92. The molecule has 2 aromatic rings. The Morgan fingerprint density at radius 1 is 1.33 bits per heavy atom. The van der Waals surface area contributed by atoms with Gasteiger partial charge in [0, 0.05) is 25.9 Å². The quantitative estimate of drug-likeness (QED) is 0.488. The Morgan fingerprint density at radius 3 is 2.74 bits per heavy atom. The number of aryl methyl sites for hydroxylation is 1. The molecule has 1 unspecified atom stereocenters. The number of nitrogens with zero attached hydrogens (tertiary/aromatic N) is 3. The van der Waals surface area contributed by atoms with Gasteiger partial charge in [-0.2, -0.15) is 0 Å². The van der Waals surface area contributed by atoms with Gasteiger partial charge in [0.15, 0.2) is 16.7 Å². The first-order valence-corrected chi connectivity index (χ1v) is 9.29. The zero-order chi connectivity index (χ0) is 19.6. The molecule has 1 N–H and O–H groups in total. The number of methoxy groups -OCH3 is 1. The lowest BCUT2D eigenvalue weighted by molar-refractivity contribution is 0.0803. The number of carbonyl (C=O) groups excluding carboxylic acids is 3. The highest BCUT2D eigenvalue weighted by Gasteiger charge is 2.34. The van der Waals surface area contributed by atoms with Crippen LogP contribution >= 0.6 is 11.3 Å². The number of ketones is 2. The van der Waals surface area contributed by atoms with E-state index in [4.69, 9.17) is 0 Å². The normalized spacial score (nSPS) is 16.3. The largest absolute Gasteiger partial charge is 0.453 e. The van der Waals surface area contributed by atoms with Gasteiger partial charge in [-0.05, 0) is 31.4 Å². The van der Waals surface area contributed by atoms with E-state index in [1.54, 1.807) is 12.1 Å². The average molecular weight is 388 g/mol. The van der Waals surface area contributed by atoms with E-state index >= 15 is 0 Å². The van der Waals surface area contributed by atoms with Crippen molar-refractivity contribution in [3.8, 4) is 0 Å². The summed E-state index contributed by atoms with van der Waals surface area (Å²) in [5, 5.41) is 2.77. The van der Waals surface area contributed by atoms with Crippen LogP contribution in [0.5, 0.6) is 0 Å². The van der Waals surface area contributed by atoms with Gasteiger partial charge in [-0.3, -0.25) is 14.9 Å². The molecule has 0 saturated heterocycles. The maximum Gasteiger partial charge on any atom is 0.413 e. The third-order valence-electron chi connectivity index (χ3n) is 4.35. The minimum Gasteiger partial charge on any atom is -0.453 e. The maximum absolute atomic E-state index is 13.0. The van der Waals surface area contributed by atoms with E-state index < -0.39 is 12.0 Å². The zero-order valence-corrected chi connectivity index (χ0v) is 16.1. The standard InChI is InChI=1S/C18H20N4O4S/c1-22(2)13-8-7-10(9-19-13)14(23)11-5-4-6-12-16(15(11)24)27-17(20-12)21-18(25)26-3/h7-9,11H,4-6H2,1-3H3,(H,20,21,25). The number of hydrogen-bond donors (Lipinski definition) is 1. The summed E-state index contributed by atoms with van der Waals surface area (Å²) in [6.07, 6.45) is 2.58. The zero-order valence-electron chi connectivity index (χ0n) is 15.3. The smallest absolute Gasteiger partial charge is 0.413 e. The first-order valence-electron chi connectivity index (χ1n) is 8.47.